The number of hydrogen-bond acceptors (Lipinski definition) is 5. The van der Waals surface area contributed by atoms with E-state index in [1.165, 1.54) is 0 Å². The third kappa shape index (κ3) is 4.05. The van der Waals surface area contributed by atoms with Gasteiger partial charge in [0.25, 0.3) is 0 Å². The number of piperazine rings is 1. The van der Waals surface area contributed by atoms with Crippen LogP contribution in [0.5, 0.6) is 0 Å². The van der Waals surface area contributed by atoms with Gasteiger partial charge in [-0.25, -0.2) is 0 Å². The highest BCUT2D eigenvalue weighted by Crippen LogP contribution is 2.18. The van der Waals surface area contributed by atoms with Gasteiger partial charge >= 0.3 is 0 Å². The highest BCUT2D eigenvalue weighted by atomic mass is 16.4. The zero-order chi connectivity index (χ0) is 16.3. The van der Waals surface area contributed by atoms with E-state index in [4.69, 9.17) is 4.42 Å². The van der Waals surface area contributed by atoms with Crippen molar-refractivity contribution >= 4 is 11.8 Å². The third-order valence-electron chi connectivity index (χ3n) is 3.68. The molecule has 0 aliphatic carbocycles. The zero-order valence-corrected chi connectivity index (χ0v) is 13.8. The smallest absolute Gasteiger partial charge is 0.228 e. The number of aromatic nitrogens is 2. The third-order valence-corrected chi connectivity index (χ3v) is 3.68. The van der Waals surface area contributed by atoms with Gasteiger partial charge in [-0.05, 0) is 0 Å². The predicted octanol–water partition coefficient (Wildman–Crippen LogP) is 1.03. The first-order chi connectivity index (χ1) is 10.3. The molecule has 0 atom stereocenters. The molecule has 0 aromatic carbocycles. The summed E-state index contributed by atoms with van der Waals surface area (Å²) in [4.78, 5) is 28.0. The van der Waals surface area contributed by atoms with Crippen molar-refractivity contribution in [3.8, 4) is 0 Å². The maximum absolute atomic E-state index is 12.2. The van der Waals surface area contributed by atoms with Gasteiger partial charge in [0.2, 0.25) is 23.6 Å². The molecule has 1 aliphatic heterocycles. The second kappa shape index (κ2) is 6.46. The number of carbonyl (C=O) groups excluding carboxylic acids is 2. The van der Waals surface area contributed by atoms with E-state index < -0.39 is 0 Å². The van der Waals surface area contributed by atoms with Crippen molar-refractivity contribution < 1.29 is 14.0 Å². The topological polar surface area (TPSA) is 79.5 Å². The number of carbonyl (C=O) groups is 2. The summed E-state index contributed by atoms with van der Waals surface area (Å²) in [5, 5.41) is 7.63. The molecular weight excluding hydrogens is 284 g/mol. The Morgan fingerprint density at radius 1 is 1.09 bits per heavy atom. The minimum Gasteiger partial charge on any atom is -0.426 e. The number of amides is 2. The Bertz CT molecular complexity index is 539. The van der Waals surface area contributed by atoms with Gasteiger partial charge in [0, 0.05) is 51.4 Å². The van der Waals surface area contributed by atoms with Gasteiger partial charge in [-0.3, -0.25) is 9.59 Å². The van der Waals surface area contributed by atoms with E-state index in [2.05, 4.69) is 10.2 Å². The first-order valence-corrected chi connectivity index (χ1v) is 7.63. The monoisotopic (exact) mass is 308 g/mol. The van der Waals surface area contributed by atoms with E-state index in [-0.39, 0.29) is 17.2 Å². The van der Waals surface area contributed by atoms with Gasteiger partial charge in [0.05, 0.1) is 0 Å². The van der Waals surface area contributed by atoms with Crippen LogP contribution in [0, 0.1) is 12.3 Å². The summed E-state index contributed by atoms with van der Waals surface area (Å²) in [6.07, 6.45) is 0.815. The van der Waals surface area contributed by atoms with E-state index in [9.17, 15) is 9.59 Å². The fourth-order valence-corrected chi connectivity index (χ4v) is 2.44. The van der Waals surface area contributed by atoms with Crippen LogP contribution in [0.15, 0.2) is 4.42 Å². The summed E-state index contributed by atoms with van der Waals surface area (Å²) in [5.41, 5.74) is -0.373. The largest absolute Gasteiger partial charge is 0.426 e. The first kappa shape index (κ1) is 16.5. The highest BCUT2D eigenvalue weighted by molar-refractivity contribution is 5.82. The summed E-state index contributed by atoms with van der Waals surface area (Å²) >= 11 is 0. The van der Waals surface area contributed by atoms with Crippen LogP contribution in [0.4, 0.5) is 0 Å². The van der Waals surface area contributed by atoms with Crippen LogP contribution < -0.4 is 0 Å². The van der Waals surface area contributed by atoms with E-state index in [0.29, 0.717) is 50.8 Å². The maximum atomic E-state index is 12.2. The van der Waals surface area contributed by atoms with Gasteiger partial charge < -0.3 is 14.2 Å². The molecule has 0 bridgehead atoms. The average Bonchev–Trinajstić information content (AvgIpc) is 2.89. The Morgan fingerprint density at radius 3 is 2.18 bits per heavy atom. The minimum atomic E-state index is -0.373. The molecule has 1 fully saturated rings. The summed E-state index contributed by atoms with van der Waals surface area (Å²) in [5.74, 6) is 1.21. The van der Waals surface area contributed by atoms with Crippen molar-refractivity contribution in [3.63, 3.8) is 0 Å². The van der Waals surface area contributed by atoms with E-state index in [0.717, 1.165) is 0 Å². The Morgan fingerprint density at radius 2 is 1.68 bits per heavy atom. The van der Waals surface area contributed by atoms with Crippen LogP contribution in [-0.4, -0.2) is 58.0 Å². The van der Waals surface area contributed by atoms with Crippen LogP contribution >= 0.6 is 0 Å². The van der Waals surface area contributed by atoms with Crippen LogP contribution in [0.2, 0.25) is 0 Å². The highest BCUT2D eigenvalue weighted by Gasteiger charge is 2.30. The molecule has 0 N–H and O–H groups in total. The Balaban J connectivity index is 1.79. The lowest BCUT2D eigenvalue weighted by Crippen LogP contribution is -2.53. The molecule has 122 valence electrons. The Labute approximate surface area is 130 Å². The lowest BCUT2D eigenvalue weighted by Gasteiger charge is -2.37. The van der Waals surface area contributed by atoms with Gasteiger partial charge in [0.15, 0.2) is 0 Å². The van der Waals surface area contributed by atoms with Gasteiger partial charge in [-0.1, -0.05) is 20.8 Å². The minimum absolute atomic E-state index is 0.0683. The molecule has 7 nitrogen and oxygen atoms in total. The molecule has 7 heteroatoms. The molecule has 1 saturated heterocycles. The lowest BCUT2D eigenvalue weighted by atomic mass is 9.94. The standard InChI is InChI=1S/C15H24N4O3/c1-11-16-17-12(22-11)5-6-13(20)18-7-9-19(10-8-18)14(21)15(2,3)4/h5-10H2,1-4H3. The van der Waals surface area contributed by atoms with Crippen molar-refractivity contribution in [3.05, 3.63) is 11.8 Å². The number of aryl methyl sites for hydroxylation is 2. The number of rotatable bonds is 3. The summed E-state index contributed by atoms with van der Waals surface area (Å²) in [6, 6.07) is 0. The molecule has 22 heavy (non-hydrogen) atoms. The molecule has 2 heterocycles. The van der Waals surface area contributed by atoms with Crippen LogP contribution in [0.3, 0.4) is 0 Å². The fraction of sp³-hybridized carbons (Fsp3) is 0.733. The summed E-state index contributed by atoms with van der Waals surface area (Å²) in [6.45, 7) is 9.84. The van der Waals surface area contributed by atoms with E-state index >= 15 is 0 Å². The quantitative estimate of drug-likeness (QED) is 0.833. The molecule has 0 spiro atoms. The second-order valence-corrected chi connectivity index (χ2v) is 6.64. The molecule has 1 aliphatic rings. The molecule has 2 amide bonds. The van der Waals surface area contributed by atoms with Crippen LogP contribution in [0.25, 0.3) is 0 Å². The molecular formula is C15H24N4O3. The summed E-state index contributed by atoms with van der Waals surface area (Å²) < 4.78 is 5.26. The normalized spacial score (nSPS) is 16.0. The first-order valence-electron chi connectivity index (χ1n) is 7.63. The molecule has 0 unspecified atom stereocenters. The van der Waals surface area contributed by atoms with Crippen molar-refractivity contribution in [2.24, 2.45) is 5.41 Å². The van der Waals surface area contributed by atoms with Crippen molar-refractivity contribution in [1.29, 1.82) is 0 Å². The van der Waals surface area contributed by atoms with Crippen molar-refractivity contribution in [2.75, 3.05) is 26.2 Å². The van der Waals surface area contributed by atoms with Crippen LogP contribution in [0.1, 0.15) is 39.0 Å². The van der Waals surface area contributed by atoms with Crippen LogP contribution in [-0.2, 0) is 16.0 Å². The lowest BCUT2D eigenvalue weighted by molar-refractivity contribution is -0.144. The average molecular weight is 308 g/mol. The Kier molecular flexibility index (Phi) is 4.83. The molecule has 0 radical (unpaired) electrons. The van der Waals surface area contributed by atoms with E-state index in [1.807, 2.05) is 25.7 Å². The number of nitrogens with zero attached hydrogens (tertiary/aromatic N) is 4. The predicted molar refractivity (Wildman–Crippen MR) is 80.0 cm³/mol. The number of hydrogen-bond donors (Lipinski definition) is 0. The van der Waals surface area contributed by atoms with Crippen molar-refractivity contribution in [2.45, 2.75) is 40.5 Å². The Hall–Kier alpha value is -1.92. The van der Waals surface area contributed by atoms with Gasteiger partial charge in [-0.15, -0.1) is 10.2 Å². The van der Waals surface area contributed by atoms with Gasteiger partial charge in [0.1, 0.15) is 0 Å². The van der Waals surface area contributed by atoms with Gasteiger partial charge in [-0.2, -0.15) is 0 Å². The molecule has 1 aromatic rings. The second-order valence-electron chi connectivity index (χ2n) is 6.64. The maximum Gasteiger partial charge on any atom is 0.228 e. The molecule has 2 rings (SSSR count). The van der Waals surface area contributed by atoms with Crippen molar-refractivity contribution in [1.82, 2.24) is 20.0 Å². The fourth-order valence-electron chi connectivity index (χ4n) is 2.44. The zero-order valence-electron chi connectivity index (χ0n) is 13.8. The summed E-state index contributed by atoms with van der Waals surface area (Å²) in [7, 11) is 0. The molecule has 0 saturated carbocycles. The SMILES string of the molecule is Cc1nnc(CCC(=O)N2CCN(C(=O)C(C)(C)C)CC2)o1. The van der Waals surface area contributed by atoms with E-state index in [1.54, 1.807) is 11.8 Å². The molecule has 1 aromatic heterocycles.